The van der Waals surface area contributed by atoms with E-state index in [1.807, 2.05) is 18.2 Å². The molecule has 0 saturated heterocycles. The maximum absolute atomic E-state index is 8.35. The predicted molar refractivity (Wildman–Crippen MR) is 67.5 cm³/mol. The van der Waals surface area contributed by atoms with Gasteiger partial charge in [-0.3, -0.25) is 0 Å². The molecule has 74 valence electrons. The van der Waals surface area contributed by atoms with E-state index in [2.05, 4.69) is 34.0 Å². The minimum absolute atomic E-state index is 0.578. The number of nitriles is 1. The summed E-state index contributed by atoms with van der Waals surface area (Å²) in [5, 5.41) is 12.3. The van der Waals surface area contributed by atoms with Crippen molar-refractivity contribution in [3.63, 3.8) is 0 Å². The molecule has 0 aliphatic heterocycles. The molecule has 1 N–H and O–H groups in total. The van der Waals surface area contributed by atoms with E-state index < -0.39 is 0 Å². The third kappa shape index (κ3) is 3.72. The van der Waals surface area contributed by atoms with Crippen LogP contribution in [0.5, 0.6) is 0 Å². The fraction of sp³-hybridized carbons (Fsp3) is 0.300. The van der Waals surface area contributed by atoms with E-state index >= 15 is 0 Å². The molecule has 0 aromatic heterocycles. The Morgan fingerprint density at radius 2 is 2.29 bits per heavy atom. The third-order valence-corrected chi connectivity index (χ3v) is 2.70. The maximum atomic E-state index is 8.35. The van der Waals surface area contributed by atoms with Crippen LogP contribution in [0.15, 0.2) is 18.2 Å². The lowest BCUT2D eigenvalue weighted by Crippen LogP contribution is -2.01. The van der Waals surface area contributed by atoms with Gasteiger partial charge in [-0.05, 0) is 47.2 Å². The Morgan fingerprint density at radius 3 is 2.93 bits per heavy atom. The minimum Gasteiger partial charge on any atom is -0.384 e. The summed E-state index contributed by atoms with van der Waals surface area (Å²) < 4.78 is 1.12. The Hall–Kier alpha value is -0.470. The fourth-order valence-electron chi connectivity index (χ4n) is 1.02. The van der Waals surface area contributed by atoms with Crippen molar-refractivity contribution >= 4 is 39.9 Å². The summed E-state index contributed by atoms with van der Waals surface area (Å²) in [5.41, 5.74) is 0.935. The van der Waals surface area contributed by atoms with E-state index in [4.69, 9.17) is 16.9 Å². The number of unbranched alkanes of at least 4 members (excludes halogenated alkanes) is 1. The molecular weight excluding hydrogens is 310 g/mol. The summed E-state index contributed by atoms with van der Waals surface area (Å²) in [6, 6.07) is 7.97. The van der Waals surface area contributed by atoms with Gasteiger partial charge in [-0.1, -0.05) is 11.6 Å². The molecule has 0 fully saturated rings. The van der Waals surface area contributed by atoms with Gasteiger partial charge in [0.15, 0.2) is 0 Å². The number of nitrogens with one attached hydrogen (secondary N) is 1. The summed E-state index contributed by atoms with van der Waals surface area (Å²) in [5.74, 6) is 0. The number of benzene rings is 1. The zero-order chi connectivity index (χ0) is 10.4. The Labute approximate surface area is 102 Å². The number of rotatable bonds is 4. The van der Waals surface area contributed by atoms with Gasteiger partial charge in [0.05, 0.1) is 16.8 Å². The number of anilines is 1. The lowest BCUT2D eigenvalue weighted by atomic mass is 10.3. The number of hydrogen-bond donors (Lipinski definition) is 1. The average molecular weight is 321 g/mol. The molecule has 1 aromatic rings. The van der Waals surface area contributed by atoms with Gasteiger partial charge in [-0.25, -0.2) is 0 Å². The van der Waals surface area contributed by atoms with Crippen LogP contribution in [0, 0.1) is 14.9 Å². The van der Waals surface area contributed by atoms with Crippen LogP contribution < -0.4 is 5.32 Å². The smallest absolute Gasteiger partial charge is 0.0648 e. The molecular formula is C10H10ClIN2. The highest BCUT2D eigenvalue weighted by Crippen LogP contribution is 2.23. The second kappa shape index (κ2) is 6.10. The molecule has 4 heteroatoms. The first-order valence-electron chi connectivity index (χ1n) is 4.30. The molecule has 0 aliphatic carbocycles. The lowest BCUT2D eigenvalue weighted by molar-refractivity contribution is 0.897. The molecule has 14 heavy (non-hydrogen) atoms. The van der Waals surface area contributed by atoms with Gasteiger partial charge < -0.3 is 5.32 Å². The van der Waals surface area contributed by atoms with Gasteiger partial charge in [-0.15, -0.1) is 0 Å². The van der Waals surface area contributed by atoms with Crippen LogP contribution in [0.3, 0.4) is 0 Å². The third-order valence-electron chi connectivity index (χ3n) is 1.71. The fourth-order valence-corrected chi connectivity index (χ4v) is 1.95. The van der Waals surface area contributed by atoms with Crippen molar-refractivity contribution in [2.45, 2.75) is 12.8 Å². The van der Waals surface area contributed by atoms with Crippen molar-refractivity contribution in [3.8, 4) is 6.07 Å². The summed E-state index contributed by atoms with van der Waals surface area (Å²) in [7, 11) is 0. The monoisotopic (exact) mass is 320 g/mol. The summed E-state index contributed by atoms with van der Waals surface area (Å²) >= 11 is 8.23. The van der Waals surface area contributed by atoms with Crippen molar-refractivity contribution in [1.82, 2.24) is 0 Å². The van der Waals surface area contributed by atoms with Crippen molar-refractivity contribution in [1.29, 1.82) is 5.26 Å². The van der Waals surface area contributed by atoms with Crippen LogP contribution in [0.25, 0.3) is 0 Å². The predicted octanol–water partition coefficient (Wildman–Crippen LogP) is 3.66. The molecule has 0 heterocycles. The SMILES string of the molecule is N#CCCCNc1ccc(I)cc1Cl. The Morgan fingerprint density at radius 1 is 1.50 bits per heavy atom. The summed E-state index contributed by atoms with van der Waals surface area (Å²) in [6.45, 7) is 0.786. The minimum atomic E-state index is 0.578. The van der Waals surface area contributed by atoms with Gasteiger partial charge in [0, 0.05) is 16.5 Å². The topological polar surface area (TPSA) is 35.8 Å². The normalized spacial score (nSPS) is 9.50. The van der Waals surface area contributed by atoms with Crippen LogP contribution in [-0.4, -0.2) is 6.54 Å². The quantitative estimate of drug-likeness (QED) is 0.679. The number of nitrogens with zero attached hydrogens (tertiary/aromatic N) is 1. The molecule has 0 unspecified atom stereocenters. The molecule has 0 bridgehead atoms. The van der Waals surface area contributed by atoms with Crippen LogP contribution in [-0.2, 0) is 0 Å². The molecule has 1 rings (SSSR count). The van der Waals surface area contributed by atoms with Gasteiger partial charge in [0.2, 0.25) is 0 Å². The number of hydrogen-bond acceptors (Lipinski definition) is 2. The second-order valence-corrected chi connectivity index (χ2v) is 4.47. The van der Waals surface area contributed by atoms with E-state index in [0.29, 0.717) is 6.42 Å². The van der Waals surface area contributed by atoms with Crippen LogP contribution in [0.1, 0.15) is 12.8 Å². The highest BCUT2D eigenvalue weighted by Gasteiger charge is 1.99. The first-order valence-corrected chi connectivity index (χ1v) is 5.75. The first-order chi connectivity index (χ1) is 6.74. The second-order valence-electron chi connectivity index (χ2n) is 2.81. The molecule has 0 radical (unpaired) electrons. The molecule has 0 aliphatic rings. The highest BCUT2D eigenvalue weighted by molar-refractivity contribution is 14.1. The molecule has 0 atom stereocenters. The van der Waals surface area contributed by atoms with E-state index in [1.54, 1.807) is 0 Å². The van der Waals surface area contributed by atoms with Crippen molar-refractivity contribution in [2.24, 2.45) is 0 Å². The van der Waals surface area contributed by atoms with E-state index in [1.165, 1.54) is 0 Å². The standard InChI is InChI=1S/C10H10ClIN2/c11-9-7-8(12)3-4-10(9)14-6-2-1-5-13/h3-4,7,14H,1-2,6H2. The Bertz CT molecular complexity index is 346. The zero-order valence-corrected chi connectivity index (χ0v) is 10.5. The van der Waals surface area contributed by atoms with Crippen molar-refractivity contribution in [2.75, 3.05) is 11.9 Å². The number of halogens is 2. The van der Waals surface area contributed by atoms with E-state index in [9.17, 15) is 0 Å². The van der Waals surface area contributed by atoms with Crippen LogP contribution >= 0.6 is 34.2 Å². The van der Waals surface area contributed by atoms with Crippen molar-refractivity contribution < 1.29 is 0 Å². The van der Waals surface area contributed by atoms with Crippen LogP contribution in [0.2, 0.25) is 5.02 Å². The van der Waals surface area contributed by atoms with E-state index in [0.717, 1.165) is 27.2 Å². The van der Waals surface area contributed by atoms with Gasteiger partial charge in [0.25, 0.3) is 0 Å². The average Bonchev–Trinajstić information content (AvgIpc) is 2.15. The van der Waals surface area contributed by atoms with Gasteiger partial charge >= 0.3 is 0 Å². The Balaban J connectivity index is 2.47. The van der Waals surface area contributed by atoms with Gasteiger partial charge in [0.1, 0.15) is 0 Å². The first kappa shape index (κ1) is 11.6. The zero-order valence-electron chi connectivity index (χ0n) is 7.56. The molecule has 0 amide bonds. The largest absolute Gasteiger partial charge is 0.384 e. The highest BCUT2D eigenvalue weighted by atomic mass is 127. The molecule has 0 spiro atoms. The van der Waals surface area contributed by atoms with Crippen LogP contribution in [0.4, 0.5) is 5.69 Å². The molecule has 0 saturated carbocycles. The molecule has 1 aromatic carbocycles. The Kier molecular flexibility index (Phi) is 5.05. The van der Waals surface area contributed by atoms with Gasteiger partial charge in [-0.2, -0.15) is 5.26 Å². The maximum Gasteiger partial charge on any atom is 0.0648 e. The van der Waals surface area contributed by atoms with E-state index in [-0.39, 0.29) is 0 Å². The lowest BCUT2D eigenvalue weighted by Gasteiger charge is -2.07. The summed E-state index contributed by atoms with van der Waals surface area (Å²) in [4.78, 5) is 0. The van der Waals surface area contributed by atoms with Crippen molar-refractivity contribution in [3.05, 3.63) is 26.8 Å². The molecule has 2 nitrogen and oxygen atoms in total. The summed E-state index contributed by atoms with van der Waals surface area (Å²) in [6.07, 6.45) is 1.42.